The van der Waals surface area contributed by atoms with Crippen LogP contribution in [-0.2, 0) is 4.79 Å². The molecule has 73 valence electrons. The third kappa shape index (κ3) is 3.06. The molecule has 1 amide bonds. The third-order valence-electron chi connectivity index (χ3n) is 1.40. The first-order valence-corrected chi connectivity index (χ1v) is 4.70. The van der Waals surface area contributed by atoms with Gasteiger partial charge in [0, 0.05) is 17.0 Å². The van der Waals surface area contributed by atoms with Crippen LogP contribution in [-0.4, -0.2) is 16.6 Å². The van der Waals surface area contributed by atoms with Crippen LogP contribution in [0.15, 0.2) is 29.2 Å². The van der Waals surface area contributed by atoms with Gasteiger partial charge in [0.1, 0.15) is 0 Å². The number of rotatable bonds is 4. The van der Waals surface area contributed by atoms with E-state index in [2.05, 4.69) is 0 Å². The summed E-state index contributed by atoms with van der Waals surface area (Å²) < 4.78 is 0. The maximum atomic E-state index is 10.4. The summed E-state index contributed by atoms with van der Waals surface area (Å²) in [5.41, 5.74) is 6.66. The van der Waals surface area contributed by atoms with E-state index in [0.29, 0.717) is 4.90 Å². The summed E-state index contributed by atoms with van der Waals surface area (Å²) in [7, 11) is 0. The largest absolute Gasteiger partial charge is 0.272 e. The Bertz CT molecular complexity index is 367. The number of nitro benzene ring substituents is 1. The summed E-state index contributed by atoms with van der Waals surface area (Å²) in [5, 5.41) is 10.4. The van der Waals surface area contributed by atoms with Gasteiger partial charge >= 0.3 is 0 Å². The number of benzene rings is 1. The van der Waals surface area contributed by atoms with Crippen LogP contribution in [0.25, 0.3) is 0 Å². The molecule has 1 rings (SSSR count). The number of carbonyl (C=O) groups excluding carboxylic acids is 1. The number of hydrogen-bond acceptors (Lipinski definition) is 4. The van der Waals surface area contributed by atoms with Crippen molar-refractivity contribution in [2.45, 2.75) is 4.90 Å². The minimum atomic E-state index is -0.693. The Balaban J connectivity index is 2.73. The van der Waals surface area contributed by atoms with Crippen LogP contribution in [0.1, 0.15) is 0 Å². The number of carbonyl (C=O) groups is 1. The van der Waals surface area contributed by atoms with Crippen LogP contribution < -0.4 is 5.73 Å². The summed E-state index contributed by atoms with van der Waals surface area (Å²) in [6.45, 7) is 0. The van der Waals surface area contributed by atoms with E-state index in [0.717, 1.165) is 11.8 Å². The van der Waals surface area contributed by atoms with Gasteiger partial charge in [0.05, 0.1) is 10.7 Å². The molecule has 0 aromatic heterocycles. The highest BCUT2D eigenvalue weighted by atomic mass is 32.2. The quantitative estimate of drug-likeness (QED) is 0.429. The highest BCUT2D eigenvalue weighted by Gasteiger charge is 2.06. The highest BCUT2D eigenvalue weighted by molar-refractivity contribution is 8.00. The molecule has 0 spiro atoms. The van der Waals surface area contributed by atoms with Crippen molar-refractivity contribution in [2.24, 2.45) is 0 Å². The van der Waals surface area contributed by atoms with Crippen LogP contribution in [0, 0.1) is 10.1 Å². The molecule has 0 bridgehead atoms. The topological polar surface area (TPSA) is 84.0 Å². The van der Waals surface area contributed by atoms with E-state index in [1.807, 2.05) is 0 Å². The third-order valence-corrected chi connectivity index (χ3v) is 2.39. The normalized spacial score (nSPS) is 9.71. The minimum absolute atomic E-state index is 0.00701. The van der Waals surface area contributed by atoms with Crippen LogP contribution in [0.2, 0.25) is 0 Å². The van der Waals surface area contributed by atoms with Gasteiger partial charge in [-0.15, -0.1) is 11.8 Å². The van der Waals surface area contributed by atoms with Gasteiger partial charge in [-0.25, -0.2) is 0 Å². The first-order chi connectivity index (χ1) is 6.59. The van der Waals surface area contributed by atoms with Crippen molar-refractivity contribution in [3.8, 4) is 0 Å². The zero-order valence-electron chi connectivity index (χ0n) is 7.10. The fourth-order valence-electron chi connectivity index (χ4n) is 0.836. The molecule has 1 N–H and O–H groups in total. The molecule has 0 saturated heterocycles. The maximum Gasteiger partial charge on any atom is 0.270 e. The predicted octanol–water partition coefficient (Wildman–Crippen LogP) is 1.50. The van der Waals surface area contributed by atoms with Gasteiger partial charge in [-0.3, -0.25) is 20.6 Å². The Labute approximate surface area is 84.4 Å². The van der Waals surface area contributed by atoms with Crippen molar-refractivity contribution in [1.82, 2.24) is 5.73 Å². The fraction of sp³-hybridized carbons (Fsp3) is 0.125. The Morgan fingerprint density at radius 1 is 1.57 bits per heavy atom. The average Bonchev–Trinajstić information content (AvgIpc) is 2.15. The number of nitrogens with one attached hydrogen (secondary N) is 1. The van der Waals surface area contributed by atoms with Gasteiger partial charge in [0.25, 0.3) is 5.69 Å². The molecule has 1 radical (unpaired) electrons. The van der Waals surface area contributed by atoms with Gasteiger partial charge in [0.2, 0.25) is 5.91 Å². The molecule has 0 unspecified atom stereocenters. The molecule has 1 aromatic carbocycles. The molecule has 6 heteroatoms. The molecular formula is C8H7N2O3S. The monoisotopic (exact) mass is 211 g/mol. The van der Waals surface area contributed by atoms with Gasteiger partial charge in [-0.2, -0.15) is 0 Å². The van der Waals surface area contributed by atoms with Crippen LogP contribution in [0.3, 0.4) is 0 Å². The van der Waals surface area contributed by atoms with Gasteiger partial charge in [-0.1, -0.05) is 6.07 Å². The summed E-state index contributed by atoms with van der Waals surface area (Å²) in [4.78, 5) is 20.9. The lowest BCUT2D eigenvalue weighted by atomic mass is 10.3. The smallest absolute Gasteiger partial charge is 0.270 e. The predicted molar refractivity (Wildman–Crippen MR) is 51.9 cm³/mol. The molecule has 0 aliphatic heterocycles. The Morgan fingerprint density at radius 2 is 2.29 bits per heavy atom. The molecule has 0 heterocycles. The van der Waals surface area contributed by atoms with Gasteiger partial charge in [0.15, 0.2) is 0 Å². The van der Waals surface area contributed by atoms with E-state index >= 15 is 0 Å². The first kappa shape index (κ1) is 10.5. The molecule has 0 aliphatic rings. The SMILES string of the molecule is [NH]C(=O)CSc1cccc([N+](=O)[O-])c1. The van der Waals surface area contributed by atoms with Crippen molar-refractivity contribution in [3.63, 3.8) is 0 Å². The Hall–Kier alpha value is -1.56. The van der Waals surface area contributed by atoms with Crippen molar-refractivity contribution < 1.29 is 9.72 Å². The number of amides is 1. The second-order valence-electron chi connectivity index (χ2n) is 2.47. The van der Waals surface area contributed by atoms with Gasteiger partial charge < -0.3 is 0 Å². The molecule has 14 heavy (non-hydrogen) atoms. The first-order valence-electron chi connectivity index (χ1n) is 3.71. The van der Waals surface area contributed by atoms with E-state index in [1.54, 1.807) is 12.1 Å². The number of nitrogens with zero attached hydrogens (tertiary/aromatic N) is 1. The fourth-order valence-corrected chi connectivity index (χ4v) is 1.51. The number of nitro groups is 1. The second kappa shape index (κ2) is 4.61. The zero-order valence-corrected chi connectivity index (χ0v) is 7.91. The number of thioether (sulfide) groups is 1. The standard InChI is InChI=1S/C8H7N2O3S/c9-8(11)5-14-7-3-1-2-6(4-7)10(12)13/h1-4,9H,5H2. The maximum absolute atomic E-state index is 10.4. The molecule has 5 nitrogen and oxygen atoms in total. The lowest BCUT2D eigenvalue weighted by Gasteiger charge is -1.97. The van der Waals surface area contributed by atoms with Gasteiger partial charge in [-0.05, 0) is 6.07 Å². The lowest BCUT2D eigenvalue weighted by molar-refractivity contribution is -0.385. The Morgan fingerprint density at radius 3 is 2.86 bits per heavy atom. The summed E-state index contributed by atoms with van der Waals surface area (Å²) in [6, 6.07) is 5.98. The van der Waals surface area contributed by atoms with Crippen molar-refractivity contribution in [3.05, 3.63) is 34.4 Å². The summed E-state index contributed by atoms with van der Waals surface area (Å²) >= 11 is 1.12. The molecule has 1 aromatic rings. The molecule has 0 saturated carbocycles. The molecular weight excluding hydrogens is 204 g/mol. The molecule has 0 fully saturated rings. The summed E-state index contributed by atoms with van der Waals surface area (Å²) in [5.74, 6) is -0.678. The molecule has 0 aliphatic carbocycles. The molecule has 0 atom stereocenters. The number of non-ortho nitro benzene ring substituents is 1. The Kier molecular flexibility index (Phi) is 3.47. The second-order valence-corrected chi connectivity index (χ2v) is 3.52. The number of hydrogen-bond donors (Lipinski definition) is 0. The van der Waals surface area contributed by atoms with E-state index in [4.69, 9.17) is 5.73 Å². The summed E-state index contributed by atoms with van der Waals surface area (Å²) in [6.07, 6.45) is 0. The van der Waals surface area contributed by atoms with Crippen LogP contribution in [0.4, 0.5) is 5.69 Å². The zero-order chi connectivity index (χ0) is 10.6. The average molecular weight is 211 g/mol. The van der Waals surface area contributed by atoms with E-state index in [1.165, 1.54) is 12.1 Å². The van der Waals surface area contributed by atoms with Crippen LogP contribution in [0.5, 0.6) is 0 Å². The van der Waals surface area contributed by atoms with E-state index < -0.39 is 10.8 Å². The minimum Gasteiger partial charge on any atom is -0.272 e. The van der Waals surface area contributed by atoms with E-state index in [-0.39, 0.29) is 11.4 Å². The van der Waals surface area contributed by atoms with Crippen molar-refractivity contribution in [1.29, 1.82) is 0 Å². The lowest BCUT2D eigenvalue weighted by Crippen LogP contribution is -2.00. The van der Waals surface area contributed by atoms with Crippen LogP contribution >= 0.6 is 11.8 Å². The van der Waals surface area contributed by atoms with Crippen molar-refractivity contribution >= 4 is 23.4 Å². The highest BCUT2D eigenvalue weighted by Crippen LogP contribution is 2.22. The van der Waals surface area contributed by atoms with E-state index in [9.17, 15) is 14.9 Å². The van der Waals surface area contributed by atoms with Crippen molar-refractivity contribution in [2.75, 3.05) is 5.75 Å².